The first-order valence-corrected chi connectivity index (χ1v) is 3.69. The Morgan fingerprint density at radius 1 is 1.54 bits per heavy atom. The maximum absolute atomic E-state index is 11.1. The van der Waals surface area contributed by atoms with Gasteiger partial charge in [-0.2, -0.15) is 0 Å². The van der Waals surface area contributed by atoms with Crippen molar-refractivity contribution in [2.45, 2.75) is 0 Å². The minimum atomic E-state index is -0.204. The second kappa shape index (κ2) is 4.20. The largest absolute Gasteiger partial charge is 0.355 e. The molecule has 0 aromatic carbocycles. The molecule has 1 aromatic heterocycles. The Morgan fingerprint density at radius 2 is 2.15 bits per heavy atom. The highest BCUT2D eigenvalue weighted by Gasteiger charge is 2.02. The van der Waals surface area contributed by atoms with Crippen LogP contribution in [0.1, 0.15) is 10.4 Å². The Bertz CT molecular complexity index is 306. The number of nitrogens with one attached hydrogen (secondary N) is 2. The van der Waals surface area contributed by atoms with Crippen LogP contribution in [0.5, 0.6) is 0 Å². The van der Waals surface area contributed by atoms with Crippen LogP contribution in [0.2, 0.25) is 0 Å². The molecule has 5 heteroatoms. The quantitative estimate of drug-likeness (QED) is 0.702. The van der Waals surface area contributed by atoms with E-state index >= 15 is 0 Å². The molecule has 0 radical (unpaired) electrons. The molecule has 1 heterocycles. The molecule has 5 nitrogen and oxygen atoms in total. The van der Waals surface area contributed by atoms with Crippen LogP contribution in [0.15, 0.2) is 25.2 Å². The Kier molecular flexibility index (Phi) is 2.97. The number of amides is 1. The molecule has 1 rings (SSSR count). The number of anilines is 1. The Morgan fingerprint density at radius 3 is 2.62 bits per heavy atom. The maximum atomic E-state index is 11.1. The zero-order valence-corrected chi connectivity index (χ0v) is 7.24. The van der Waals surface area contributed by atoms with Crippen LogP contribution in [0, 0.1) is 0 Å². The van der Waals surface area contributed by atoms with Crippen LogP contribution in [0.25, 0.3) is 0 Å². The van der Waals surface area contributed by atoms with Crippen molar-refractivity contribution in [2.24, 2.45) is 0 Å². The highest BCUT2D eigenvalue weighted by Crippen LogP contribution is 1.99. The minimum absolute atomic E-state index is 0.204. The summed E-state index contributed by atoms with van der Waals surface area (Å²) < 4.78 is 0. The van der Waals surface area contributed by atoms with E-state index in [-0.39, 0.29) is 5.91 Å². The van der Waals surface area contributed by atoms with Crippen molar-refractivity contribution in [3.05, 3.63) is 30.7 Å². The van der Waals surface area contributed by atoms with Crippen molar-refractivity contribution in [1.82, 2.24) is 15.3 Å². The second-order valence-corrected chi connectivity index (χ2v) is 2.22. The lowest BCUT2D eigenvalue weighted by Gasteiger charge is -2.00. The van der Waals surface area contributed by atoms with E-state index < -0.39 is 0 Å². The van der Waals surface area contributed by atoms with Crippen LogP contribution < -0.4 is 10.6 Å². The molecule has 0 saturated heterocycles. The topological polar surface area (TPSA) is 66.9 Å². The van der Waals surface area contributed by atoms with Crippen molar-refractivity contribution in [3.8, 4) is 0 Å². The van der Waals surface area contributed by atoms with Crippen molar-refractivity contribution in [1.29, 1.82) is 0 Å². The van der Waals surface area contributed by atoms with E-state index in [1.165, 1.54) is 18.6 Å². The molecule has 0 fully saturated rings. The fourth-order valence-electron chi connectivity index (χ4n) is 0.755. The van der Waals surface area contributed by atoms with E-state index in [1.807, 2.05) is 0 Å². The van der Waals surface area contributed by atoms with Crippen molar-refractivity contribution >= 4 is 11.9 Å². The summed E-state index contributed by atoms with van der Waals surface area (Å²) in [4.78, 5) is 18.8. The van der Waals surface area contributed by atoms with Gasteiger partial charge in [0.2, 0.25) is 5.95 Å². The molecule has 0 aliphatic heterocycles. The summed E-state index contributed by atoms with van der Waals surface area (Å²) in [6.07, 6.45) is 4.35. The van der Waals surface area contributed by atoms with E-state index in [4.69, 9.17) is 0 Å². The van der Waals surface area contributed by atoms with Crippen LogP contribution in [-0.4, -0.2) is 22.9 Å². The van der Waals surface area contributed by atoms with Gasteiger partial charge in [0.05, 0.1) is 5.56 Å². The molecule has 0 bridgehead atoms. The highest BCUT2D eigenvalue weighted by atomic mass is 16.1. The van der Waals surface area contributed by atoms with Crippen molar-refractivity contribution in [3.63, 3.8) is 0 Å². The molecule has 1 aromatic rings. The lowest BCUT2D eigenvalue weighted by atomic mass is 10.3. The van der Waals surface area contributed by atoms with E-state index in [0.717, 1.165) is 0 Å². The summed E-state index contributed by atoms with van der Waals surface area (Å²) in [5.74, 6) is 0.216. The van der Waals surface area contributed by atoms with Crippen molar-refractivity contribution in [2.75, 3.05) is 12.4 Å². The summed E-state index contributed by atoms with van der Waals surface area (Å²) >= 11 is 0. The third-order valence-electron chi connectivity index (χ3n) is 1.37. The number of nitrogens with zero attached hydrogens (tertiary/aromatic N) is 2. The normalized spacial score (nSPS) is 9.00. The van der Waals surface area contributed by atoms with Crippen LogP contribution in [-0.2, 0) is 0 Å². The molecule has 13 heavy (non-hydrogen) atoms. The average molecular weight is 178 g/mol. The highest BCUT2D eigenvalue weighted by molar-refractivity contribution is 5.93. The number of carbonyl (C=O) groups is 1. The van der Waals surface area contributed by atoms with Gasteiger partial charge in [0, 0.05) is 19.4 Å². The maximum Gasteiger partial charge on any atom is 0.254 e. The summed E-state index contributed by atoms with van der Waals surface area (Å²) in [6, 6.07) is 0. The van der Waals surface area contributed by atoms with Gasteiger partial charge >= 0.3 is 0 Å². The lowest BCUT2D eigenvalue weighted by Crippen LogP contribution is -2.18. The predicted octanol–water partition coefficient (Wildman–Crippen LogP) is 0.392. The van der Waals surface area contributed by atoms with Gasteiger partial charge in [-0.1, -0.05) is 6.58 Å². The van der Waals surface area contributed by atoms with Gasteiger partial charge in [-0.15, -0.1) is 0 Å². The Labute approximate surface area is 75.9 Å². The molecule has 1 amide bonds. The molecule has 0 atom stereocenters. The van der Waals surface area contributed by atoms with Crippen molar-refractivity contribution < 1.29 is 4.79 Å². The Balaban J connectivity index is 2.80. The molecule has 0 unspecified atom stereocenters. The van der Waals surface area contributed by atoms with Crippen LogP contribution in [0.4, 0.5) is 5.95 Å². The molecule has 0 aliphatic carbocycles. The number of rotatable bonds is 3. The van der Waals surface area contributed by atoms with Gasteiger partial charge in [-0.3, -0.25) is 4.79 Å². The zero-order valence-electron chi connectivity index (χ0n) is 7.24. The predicted molar refractivity (Wildman–Crippen MR) is 49.2 cm³/mol. The van der Waals surface area contributed by atoms with Gasteiger partial charge in [0.1, 0.15) is 0 Å². The number of hydrogen-bond acceptors (Lipinski definition) is 4. The van der Waals surface area contributed by atoms with Gasteiger partial charge in [-0.25, -0.2) is 9.97 Å². The molecule has 0 aliphatic rings. The van der Waals surface area contributed by atoms with E-state index in [1.54, 1.807) is 7.05 Å². The fourth-order valence-corrected chi connectivity index (χ4v) is 0.755. The lowest BCUT2D eigenvalue weighted by molar-refractivity contribution is 0.0962. The third-order valence-corrected chi connectivity index (χ3v) is 1.37. The summed E-state index contributed by atoms with van der Waals surface area (Å²) in [6.45, 7) is 3.46. The third kappa shape index (κ3) is 2.26. The van der Waals surface area contributed by atoms with Gasteiger partial charge in [0.15, 0.2) is 0 Å². The molecule has 68 valence electrons. The first kappa shape index (κ1) is 9.18. The fraction of sp³-hybridized carbons (Fsp3) is 0.125. The Hall–Kier alpha value is -1.91. The number of carbonyl (C=O) groups excluding carboxylic acids is 1. The van der Waals surface area contributed by atoms with Gasteiger partial charge in [-0.05, 0) is 6.20 Å². The summed E-state index contributed by atoms with van der Waals surface area (Å²) in [5.41, 5.74) is 0.428. The monoisotopic (exact) mass is 178 g/mol. The summed E-state index contributed by atoms with van der Waals surface area (Å²) in [5, 5.41) is 5.17. The minimum Gasteiger partial charge on any atom is -0.355 e. The SMILES string of the molecule is C=CNc1ncc(C(=O)NC)cn1. The number of hydrogen-bond donors (Lipinski definition) is 2. The average Bonchev–Trinajstić information content (AvgIpc) is 2.18. The van der Waals surface area contributed by atoms with Crippen LogP contribution >= 0.6 is 0 Å². The zero-order chi connectivity index (χ0) is 9.68. The molecular formula is C8H10N4O. The van der Waals surface area contributed by atoms with E-state index in [9.17, 15) is 4.79 Å². The molecule has 0 spiro atoms. The molecule has 2 N–H and O–H groups in total. The molecule has 0 saturated carbocycles. The van der Waals surface area contributed by atoms with Gasteiger partial charge < -0.3 is 10.6 Å². The standard InChI is InChI=1S/C8H10N4O/c1-3-10-8-11-4-6(5-12-8)7(13)9-2/h3-5H,1H2,2H3,(H,9,13)(H,10,11,12). The second-order valence-electron chi connectivity index (χ2n) is 2.22. The number of aromatic nitrogens is 2. The first-order valence-electron chi connectivity index (χ1n) is 3.69. The van der Waals surface area contributed by atoms with Gasteiger partial charge in [0.25, 0.3) is 5.91 Å². The molecular weight excluding hydrogens is 168 g/mol. The first-order chi connectivity index (χ1) is 6.27. The van der Waals surface area contributed by atoms with E-state index in [2.05, 4.69) is 27.2 Å². The van der Waals surface area contributed by atoms with E-state index in [0.29, 0.717) is 11.5 Å². The summed E-state index contributed by atoms with van der Waals surface area (Å²) in [7, 11) is 1.55. The van der Waals surface area contributed by atoms with Crippen LogP contribution in [0.3, 0.4) is 0 Å². The smallest absolute Gasteiger partial charge is 0.254 e.